The van der Waals surface area contributed by atoms with Crippen LogP contribution in [0.25, 0.3) is 5.57 Å². The van der Waals surface area contributed by atoms with Crippen LogP contribution in [0.15, 0.2) is 24.3 Å². The summed E-state index contributed by atoms with van der Waals surface area (Å²) in [6.45, 7) is 4.00. The predicted molar refractivity (Wildman–Crippen MR) is 68.2 cm³/mol. The number of carbonyl (C=O) groups is 1. The van der Waals surface area contributed by atoms with Gasteiger partial charge in [0.05, 0.1) is 5.56 Å². The van der Waals surface area contributed by atoms with Crippen LogP contribution in [0.4, 0.5) is 0 Å². The second-order valence-corrected chi connectivity index (χ2v) is 4.58. The summed E-state index contributed by atoms with van der Waals surface area (Å²) < 4.78 is 0. The molecule has 3 heteroatoms. The molecule has 0 aromatic heterocycles. The summed E-state index contributed by atoms with van der Waals surface area (Å²) in [4.78, 5) is 13.1. The molecule has 0 saturated heterocycles. The van der Waals surface area contributed by atoms with Gasteiger partial charge in [0, 0.05) is 13.1 Å². The number of rotatable bonds is 2. The van der Waals surface area contributed by atoms with E-state index in [-0.39, 0.29) is 0 Å². The largest absolute Gasteiger partial charge is 0.478 e. The number of carboxylic acids is 1. The Hall–Kier alpha value is -1.61. The Morgan fingerprint density at radius 1 is 1.41 bits per heavy atom. The van der Waals surface area contributed by atoms with E-state index in [9.17, 15) is 4.79 Å². The topological polar surface area (TPSA) is 40.5 Å². The lowest BCUT2D eigenvalue weighted by Gasteiger charge is -2.23. The lowest BCUT2D eigenvalue weighted by molar-refractivity contribution is 0.0697. The zero-order valence-electron chi connectivity index (χ0n) is 10.2. The molecular weight excluding hydrogens is 214 g/mol. The molecule has 0 spiro atoms. The molecule has 0 atom stereocenters. The summed E-state index contributed by atoms with van der Waals surface area (Å²) in [6, 6.07) is 5.36. The monoisotopic (exact) mass is 231 g/mol. The normalized spacial score (nSPS) is 16.7. The van der Waals surface area contributed by atoms with E-state index in [0.717, 1.165) is 25.1 Å². The van der Waals surface area contributed by atoms with Gasteiger partial charge in [-0.25, -0.2) is 4.79 Å². The molecule has 0 aliphatic carbocycles. The first-order chi connectivity index (χ1) is 8.08. The Morgan fingerprint density at radius 3 is 2.71 bits per heavy atom. The third-order valence-corrected chi connectivity index (χ3v) is 3.23. The van der Waals surface area contributed by atoms with Gasteiger partial charge in [-0.3, -0.25) is 0 Å². The van der Waals surface area contributed by atoms with E-state index >= 15 is 0 Å². The maximum atomic E-state index is 10.9. The standard InChI is InChI=1S/C14H17NO2/c1-10-9-12(14(16)17)3-4-13(10)11-5-7-15(2)8-6-11/h3-5,9H,6-8H2,1-2H3,(H,16,17). The smallest absolute Gasteiger partial charge is 0.335 e. The van der Waals surface area contributed by atoms with Gasteiger partial charge in [0.2, 0.25) is 0 Å². The van der Waals surface area contributed by atoms with Gasteiger partial charge < -0.3 is 10.0 Å². The van der Waals surface area contributed by atoms with E-state index in [1.165, 1.54) is 11.1 Å². The van der Waals surface area contributed by atoms with Gasteiger partial charge in [0.25, 0.3) is 0 Å². The summed E-state index contributed by atoms with van der Waals surface area (Å²) in [5.41, 5.74) is 3.92. The first-order valence-electron chi connectivity index (χ1n) is 5.80. The maximum absolute atomic E-state index is 10.9. The van der Waals surface area contributed by atoms with Crippen molar-refractivity contribution in [3.05, 3.63) is 41.0 Å². The molecule has 0 unspecified atom stereocenters. The Kier molecular flexibility index (Phi) is 3.29. The highest BCUT2D eigenvalue weighted by atomic mass is 16.4. The minimum absolute atomic E-state index is 0.361. The van der Waals surface area contributed by atoms with Crippen molar-refractivity contribution >= 4 is 11.5 Å². The summed E-state index contributed by atoms with van der Waals surface area (Å²) in [5.74, 6) is -0.864. The highest BCUT2D eigenvalue weighted by Crippen LogP contribution is 2.25. The SMILES string of the molecule is Cc1cc(C(=O)O)ccc1C1=CCN(C)CC1. The van der Waals surface area contributed by atoms with Crippen molar-refractivity contribution in [2.45, 2.75) is 13.3 Å². The molecule has 1 aromatic rings. The Labute approximate surface area is 101 Å². The van der Waals surface area contributed by atoms with Crippen molar-refractivity contribution in [3.63, 3.8) is 0 Å². The Balaban J connectivity index is 2.31. The van der Waals surface area contributed by atoms with E-state index in [0.29, 0.717) is 5.56 Å². The number of aryl methyl sites for hydroxylation is 1. The molecule has 0 bridgehead atoms. The fourth-order valence-electron chi connectivity index (χ4n) is 2.17. The molecule has 3 nitrogen and oxygen atoms in total. The number of hydrogen-bond acceptors (Lipinski definition) is 2. The summed E-state index contributed by atoms with van der Waals surface area (Å²) in [6.07, 6.45) is 3.26. The van der Waals surface area contributed by atoms with Gasteiger partial charge in [-0.1, -0.05) is 12.1 Å². The molecule has 0 amide bonds. The lowest BCUT2D eigenvalue weighted by atomic mass is 9.94. The molecule has 1 heterocycles. The van der Waals surface area contributed by atoms with E-state index in [4.69, 9.17) is 5.11 Å². The maximum Gasteiger partial charge on any atom is 0.335 e. The molecule has 0 saturated carbocycles. The van der Waals surface area contributed by atoms with Crippen molar-refractivity contribution in [2.75, 3.05) is 20.1 Å². The van der Waals surface area contributed by atoms with Crippen molar-refractivity contribution in [3.8, 4) is 0 Å². The highest BCUT2D eigenvalue weighted by Gasteiger charge is 2.12. The molecule has 2 rings (SSSR count). The van der Waals surface area contributed by atoms with Crippen LogP contribution in [0.5, 0.6) is 0 Å². The molecule has 0 radical (unpaired) electrons. The lowest BCUT2D eigenvalue weighted by Crippen LogP contribution is -2.23. The summed E-state index contributed by atoms with van der Waals surface area (Å²) in [5, 5.41) is 8.92. The van der Waals surface area contributed by atoms with Gasteiger partial charge in [0.15, 0.2) is 0 Å². The van der Waals surface area contributed by atoms with E-state index in [1.54, 1.807) is 12.1 Å². The minimum atomic E-state index is -0.864. The number of aromatic carboxylic acids is 1. The van der Waals surface area contributed by atoms with Crippen LogP contribution < -0.4 is 0 Å². The second-order valence-electron chi connectivity index (χ2n) is 4.58. The van der Waals surface area contributed by atoms with Crippen molar-refractivity contribution in [2.24, 2.45) is 0 Å². The average molecular weight is 231 g/mol. The molecule has 1 N–H and O–H groups in total. The van der Waals surface area contributed by atoms with E-state index in [2.05, 4.69) is 18.0 Å². The second kappa shape index (κ2) is 4.72. The summed E-state index contributed by atoms with van der Waals surface area (Å²) >= 11 is 0. The fourth-order valence-corrected chi connectivity index (χ4v) is 2.17. The molecule has 1 aliphatic heterocycles. The Morgan fingerprint density at radius 2 is 2.18 bits per heavy atom. The van der Waals surface area contributed by atoms with Gasteiger partial charge in [-0.15, -0.1) is 0 Å². The fraction of sp³-hybridized carbons (Fsp3) is 0.357. The first-order valence-corrected chi connectivity index (χ1v) is 5.80. The van der Waals surface area contributed by atoms with Crippen LogP contribution in [-0.2, 0) is 0 Å². The van der Waals surface area contributed by atoms with Crippen molar-refractivity contribution in [1.29, 1.82) is 0 Å². The number of likely N-dealkylation sites (N-methyl/N-ethyl adjacent to an activating group) is 1. The van der Waals surface area contributed by atoms with Crippen LogP contribution in [0, 0.1) is 6.92 Å². The minimum Gasteiger partial charge on any atom is -0.478 e. The van der Waals surface area contributed by atoms with Gasteiger partial charge in [-0.05, 0) is 49.2 Å². The zero-order chi connectivity index (χ0) is 12.4. The quantitative estimate of drug-likeness (QED) is 0.849. The van der Waals surface area contributed by atoms with E-state index < -0.39 is 5.97 Å². The van der Waals surface area contributed by atoms with Crippen LogP contribution in [0.1, 0.15) is 27.9 Å². The molecule has 1 aromatic carbocycles. The molecule has 0 fully saturated rings. The van der Waals surface area contributed by atoms with Gasteiger partial charge >= 0.3 is 5.97 Å². The number of nitrogens with zero attached hydrogens (tertiary/aromatic N) is 1. The zero-order valence-corrected chi connectivity index (χ0v) is 10.2. The third-order valence-electron chi connectivity index (χ3n) is 3.23. The van der Waals surface area contributed by atoms with Crippen LogP contribution in [0.2, 0.25) is 0 Å². The number of hydrogen-bond donors (Lipinski definition) is 1. The van der Waals surface area contributed by atoms with Crippen LogP contribution in [-0.4, -0.2) is 36.1 Å². The average Bonchev–Trinajstić information content (AvgIpc) is 2.30. The van der Waals surface area contributed by atoms with Gasteiger partial charge in [-0.2, -0.15) is 0 Å². The van der Waals surface area contributed by atoms with Crippen LogP contribution in [0.3, 0.4) is 0 Å². The van der Waals surface area contributed by atoms with E-state index in [1.807, 2.05) is 13.0 Å². The first kappa shape index (κ1) is 11.9. The van der Waals surface area contributed by atoms with Gasteiger partial charge in [0.1, 0.15) is 0 Å². The molecule has 1 aliphatic rings. The van der Waals surface area contributed by atoms with Crippen LogP contribution >= 0.6 is 0 Å². The number of benzene rings is 1. The predicted octanol–water partition coefficient (Wildman–Crippen LogP) is 2.41. The summed E-state index contributed by atoms with van der Waals surface area (Å²) in [7, 11) is 2.10. The molecular formula is C14H17NO2. The van der Waals surface area contributed by atoms with Crippen molar-refractivity contribution in [1.82, 2.24) is 4.90 Å². The molecule has 17 heavy (non-hydrogen) atoms. The molecule has 90 valence electrons. The third kappa shape index (κ3) is 2.56. The van der Waals surface area contributed by atoms with Crippen molar-refractivity contribution < 1.29 is 9.90 Å². The highest BCUT2D eigenvalue weighted by molar-refractivity contribution is 5.88. The Bertz CT molecular complexity index is 477. The number of carboxylic acid groups (broad SMARTS) is 1.